The maximum atomic E-state index is 6.23. The van der Waals surface area contributed by atoms with E-state index in [0.29, 0.717) is 44.1 Å². The summed E-state index contributed by atoms with van der Waals surface area (Å²) in [6.45, 7) is 1.31. The van der Waals surface area contributed by atoms with Crippen LogP contribution in [0.25, 0.3) is 10.9 Å². The van der Waals surface area contributed by atoms with Crippen molar-refractivity contribution in [1.82, 2.24) is 4.98 Å². The number of hydrogen-bond acceptors (Lipinski definition) is 4. The van der Waals surface area contributed by atoms with Gasteiger partial charge in [-0.1, -0.05) is 52.5 Å². The normalized spacial score (nSPS) is 11.4. The Balaban J connectivity index is 1.24. The van der Waals surface area contributed by atoms with Gasteiger partial charge in [0, 0.05) is 62.9 Å². The van der Waals surface area contributed by atoms with Crippen molar-refractivity contribution in [2.45, 2.75) is 6.42 Å². The van der Waals surface area contributed by atoms with Crippen LogP contribution in [0.1, 0.15) is 6.42 Å². The van der Waals surface area contributed by atoms with Crippen molar-refractivity contribution in [3.63, 3.8) is 0 Å². The third-order valence-electron chi connectivity index (χ3n) is 5.95. The van der Waals surface area contributed by atoms with Crippen LogP contribution in [0.2, 0.25) is 20.1 Å². The Morgan fingerprint density at radius 1 is 0.756 bits per heavy atom. The number of ether oxygens (including phenoxy) is 1. The molecule has 0 fully saturated rings. The summed E-state index contributed by atoms with van der Waals surface area (Å²) < 4.78 is 5.90. The van der Waals surface area contributed by atoms with E-state index < -0.39 is 0 Å². The number of anilines is 3. The lowest BCUT2D eigenvalue weighted by Gasteiger charge is -2.14. The van der Waals surface area contributed by atoms with E-state index >= 15 is 0 Å². The number of hydrogen-bond donors (Lipinski definition) is 3. The number of rotatable bonds is 9. The van der Waals surface area contributed by atoms with Crippen LogP contribution < -0.4 is 20.7 Å². The highest BCUT2D eigenvalue weighted by Gasteiger charge is 2.07. The molecule has 41 heavy (non-hydrogen) atoms. The van der Waals surface area contributed by atoms with Crippen LogP contribution in [-0.2, 0) is 0 Å². The molecule has 0 radical (unpaired) electrons. The molecule has 0 unspecified atom stereocenters. The molecule has 0 aliphatic carbocycles. The first kappa shape index (κ1) is 28.8. The van der Waals surface area contributed by atoms with Crippen LogP contribution in [-0.4, -0.2) is 24.0 Å². The van der Waals surface area contributed by atoms with Gasteiger partial charge in [0.1, 0.15) is 11.5 Å². The van der Waals surface area contributed by atoms with E-state index in [9.17, 15) is 0 Å². The highest BCUT2D eigenvalue weighted by molar-refractivity contribution is 6.34. The second-order valence-corrected chi connectivity index (χ2v) is 10.7. The van der Waals surface area contributed by atoms with Crippen molar-refractivity contribution in [1.29, 1.82) is 0 Å². The molecule has 10 heteroatoms. The zero-order valence-electron chi connectivity index (χ0n) is 21.7. The summed E-state index contributed by atoms with van der Waals surface area (Å²) in [6.07, 6.45) is 2.57. The van der Waals surface area contributed by atoms with E-state index in [-0.39, 0.29) is 0 Å². The summed E-state index contributed by atoms with van der Waals surface area (Å²) in [5.74, 6) is 1.70. The number of nitrogens with one attached hydrogen (secondary N) is 3. The lowest BCUT2D eigenvalue weighted by atomic mass is 10.2. The lowest BCUT2D eigenvalue weighted by Crippen LogP contribution is -2.22. The molecule has 0 aliphatic heterocycles. The Labute approximate surface area is 258 Å². The molecule has 6 nitrogen and oxygen atoms in total. The van der Waals surface area contributed by atoms with Crippen LogP contribution in [0, 0.1) is 0 Å². The van der Waals surface area contributed by atoms with E-state index in [2.05, 4.69) is 20.9 Å². The van der Waals surface area contributed by atoms with Crippen molar-refractivity contribution in [2.24, 2.45) is 4.99 Å². The molecule has 3 N–H and O–H groups in total. The van der Waals surface area contributed by atoms with E-state index in [4.69, 9.17) is 56.1 Å². The molecule has 0 saturated carbocycles. The van der Waals surface area contributed by atoms with Gasteiger partial charge in [-0.2, -0.15) is 0 Å². The van der Waals surface area contributed by atoms with Crippen LogP contribution in [0.3, 0.4) is 0 Å². The average molecular weight is 625 g/mol. The van der Waals surface area contributed by atoms with Gasteiger partial charge in [0.05, 0.1) is 10.5 Å². The topological polar surface area (TPSA) is 70.6 Å². The first-order valence-electron chi connectivity index (χ1n) is 12.8. The summed E-state index contributed by atoms with van der Waals surface area (Å²) in [6, 6.07) is 27.7. The zero-order chi connectivity index (χ0) is 28.6. The highest BCUT2D eigenvalue weighted by atomic mass is 35.5. The highest BCUT2D eigenvalue weighted by Crippen LogP contribution is 2.32. The van der Waals surface area contributed by atoms with Gasteiger partial charge in [-0.25, -0.2) is 0 Å². The quantitative estimate of drug-likeness (QED) is 0.0864. The minimum absolute atomic E-state index is 0.479. The molecular formula is C31H25Cl4N5O. The van der Waals surface area contributed by atoms with Gasteiger partial charge in [0.2, 0.25) is 0 Å². The van der Waals surface area contributed by atoms with Gasteiger partial charge in [-0.05, 0) is 85.3 Å². The fourth-order valence-electron chi connectivity index (χ4n) is 4.01. The molecule has 0 amide bonds. The SMILES string of the molecule is Clc1cccc(NC(=NCCCNc2ccnc3cc(Cl)ccc23)Nc2ccc(Oc3cc(Cl)ccc3Cl)cc2)c1. The third kappa shape index (κ3) is 8.18. The molecule has 0 aliphatic rings. The van der Waals surface area contributed by atoms with Crippen molar-refractivity contribution in [3.05, 3.63) is 117 Å². The summed E-state index contributed by atoms with van der Waals surface area (Å²) in [5, 5.41) is 13.5. The molecule has 5 rings (SSSR count). The number of guanidine groups is 1. The number of pyridine rings is 1. The predicted molar refractivity (Wildman–Crippen MR) is 174 cm³/mol. The lowest BCUT2D eigenvalue weighted by molar-refractivity contribution is 0.483. The second kappa shape index (κ2) is 13.8. The van der Waals surface area contributed by atoms with Gasteiger partial charge in [0.25, 0.3) is 0 Å². The number of aliphatic imine (C=N–C) groups is 1. The Hall–Kier alpha value is -3.68. The zero-order valence-corrected chi connectivity index (χ0v) is 24.7. The standard InChI is InChI=1S/C31H25Cl4N5O/c32-20-3-1-4-24(17-20)40-31(38-15-2-14-36-28-13-16-37-29-18-21(33)5-11-26(28)29)39-23-7-9-25(10-8-23)41-30-19-22(34)6-12-27(30)35/h1,3-13,16-19H,2,14-15H2,(H,36,37)(H2,38,39,40). The van der Waals surface area contributed by atoms with E-state index in [1.54, 1.807) is 24.4 Å². The molecule has 1 aromatic heterocycles. The molecular weight excluding hydrogens is 600 g/mol. The van der Waals surface area contributed by atoms with Crippen molar-refractivity contribution >= 4 is 80.3 Å². The summed E-state index contributed by atoms with van der Waals surface area (Å²) in [5.41, 5.74) is 3.50. The second-order valence-electron chi connectivity index (χ2n) is 8.99. The third-order valence-corrected chi connectivity index (χ3v) is 6.97. The molecule has 0 bridgehead atoms. The van der Waals surface area contributed by atoms with Crippen LogP contribution in [0.5, 0.6) is 11.5 Å². The van der Waals surface area contributed by atoms with Crippen molar-refractivity contribution in [2.75, 3.05) is 29.0 Å². The van der Waals surface area contributed by atoms with Crippen LogP contribution in [0.4, 0.5) is 17.1 Å². The maximum Gasteiger partial charge on any atom is 0.200 e. The minimum atomic E-state index is 0.479. The first-order valence-corrected chi connectivity index (χ1v) is 14.3. The fourth-order valence-corrected chi connectivity index (χ4v) is 4.68. The number of benzene rings is 4. The van der Waals surface area contributed by atoms with Crippen LogP contribution >= 0.6 is 46.4 Å². The number of nitrogens with zero attached hydrogens (tertiary/aromatic N) is 2. The van der Waals surface area contributed by atoms with Crippen molar-refractivity contribution < 1.29 is 4.74 Å². The number of fused-ring (bicyclic) bond motifs is 1. The van der Waals surface area contributed by atoms with E-state index in [0.717, 1.165) is 40.9 Å². The largest absolute Gasteiger partial charge is 0.456 e. The average Bonchev–Trinajstić information content (AvgIpc) is 2.95. The Kier molecular flexibility index (Phi) is 9.70. The Morgan fingerprint density at radius 2 is 1.51 bits per heavy atom. The monoisotopic (exact) mass is 623 g/mol. The van der Waals surface area contributed by atoms with Gasteiger partial charge in [-0.3, -0.25) is 9.98 Å². The van der Waals surface area contributed by atoms with Gasteiger partial charge < -0.3 is 20.7 Å². The van der Waals surface area contributed by atoms with Gasteiger partial charge in [-0.15, -0.1) is 0 Å². The molecule has 5 aromatic rings. The van der Waals surface area contributed by atoms with E-state index in [1.165, 1.54) is 0 Å². The van der Waals surface area contributed by atoms with Gasteiger partial charge >= 0.3 is 0 Å². The summed E-state index contributed by atoms with van der Waals surface area (Å²) >= 11 is 24.6. The Morgan fingerprint density at radius 3 is 2.34 bits per heavy atom. The van der Waals surface area contributed by atoms with Gasteiger partial charge in [0.15, 0.2) is 5.96 Å². The minimum Gasteiger partial charge on any atom is -0.456 e. The molecule has 1 heterocycles. The predicted octanol–water partition coefficient (Wildman–Crippen LogP) is 10.0. The number of halogens is 4. The molecule has 0 atom stereocenters. The maximum absolute atomic E-state index is 6.23. The molecule has 0 saturated heterocycles. The van der Waals surface area contributed by atoms with Crippen LogP contribution in [0.15, 0.2) is 102 Å². The fraction of sp³-hybridized carbons (Fsp3) is 0.0968. The molecule has 4 aromatic carbocycles. The smallest absolute Gasteiger partial charge is 0.200 e. The van der Waals surface area contributed by atoms with E-state index in [1.807, 2.05) is 72.8 Å². The van der Waals surface area contributed by atoms with Crippen molar-refractivity contribution in [3.8, 4) is 11.5 Å². The Bertz CT molecular complexity index is 1680. The summed E-state index contributed by atoms with van der Waals surface area (Å²) in [4.78, 5) is 9.18. The molecule has 0 spiro atoms. The molecule has 208 valence electrons. The first-order chi connectivity index (χ1) is 19.9. The number of aromatic nitrogens is 1. The summed E-state index contributed by atoms with van der Waals surface area (Å²) in [7, 11) is 0.